The van der Waals surface area contributed by atoms with E-state index >= 15 is 0 Å². The van der Waals surface area contributed by atoms with Gasteiger partial charge in [-0.3, -0.25) is 4.79 Å². The van der Waals surface area contributed by atoms with Crippen LogP contribution in [-0.4, -0.2) is 12.1 Å². The van der Waals surface area contributed by atoms with Crippen LogP contribution in [0.2, 0.25) is 0 Å². The molecule has 0 radical (unpaired) electrons. The van der Waals surface area contributed by atoms with Crippen molar-refractivity contribution in [3.05, 3.63) is 35.9 Å². The molecule has 1 atom stereocenters. The van der Waals surface area contributed by atoms with E-state index in [1.807, 2.05) is 25.1 Å². The zero-order chi connectivity index (χ0) is 11.1. The second-order valence-corrected chi connectivity index (χ2v) is 3.66. The molecule has 0 aliphatic carbocycles. The Balaban J connectivity index is 2.37. The van der Waals surface area contributed by atoms with Crippen LogP contribution in [0.1, 0.15) is 32.3 Å². The average molecular weight is 206 g/mol. The Hall–Kier alpha value is -1.31. The maximum atomic E-state index is 10.8. The van der Waals surface area contributed by atoms with Crippen LogP contribution in [0.15, 0.2) is 30.3 Å². The van der Waals surface area contributed by atoms with Gasteiger partial charge in [-0.1, -0.05) is 37.3 Å². The van der Waals surface area contributed by atoms with Gasteiger partial charge in [0.05, 0.1) is 0 Å². The summed E-state index contributed by atoms with van der Waals surface area (Å²) in [6, 6.07) is 10.3. The van der Waals surface area contributed by atoms with Gasteiger partial charge < -0.3 is 4.74 Å². The van der Waals surface area contributed by atoms with Crippen LogP contribution in [0, 0.1) is 0 Å². The monoisotopic (exact) mass is 206 g/mol. The molecule has 0 unspecified atom stereocenters. The first-order valence-electron chi connectivity index (χ1n) is 5.43. The van der Waals surface area contributed by atoms with Gasteiger partial charge >= 0.3 is 5.97 Å². The highest BCUT2D eigenvalue weighted by molar-refractivity contribution is 5.66. The van der Waals surface area contributed by atoms with E-state index in [9.17, 15) is 4.79 Å². The molecule has 0 bridgehead atoms. The third-order valence-corrected chi connectivity index (χ3v) is 2.39. The standard InChI is InChI=1S/C13H18O2/c1-3-13(15-11(2)14)10-9-12-7-5-4-6-8-12/h4-8,13H,3,9-10H2,1-2H3/t13-/m0/s1. The van der Waals surface area contributed by atoms with Crippen LogP contribution in [0.25, 0.3) is 0 Å². The molecule has 0 aliphatic heterocycles. The predicted octanol–water partition coefficient (Wildman–Crippen LogP) is 2.96. The SMILES string of the molecule is CC[C@@H](CCc1ccccc1)OC(C)=O. The number of esters is 1. The molecule has 1 rings (SSSR count). The third-order valence-electron chi connectivity index (χ3n) is 2.39. The first-order valence-corrected chi connectivity index (χ1v) is 5.43. The summed E-state index contributed by atoms with van der Waals surface area (Å²) in [7, 11) is 0. The molecular formula is C13H18O2. The first kappa shape index (κ1) is 11.8. The molecule has 0 spiro atoms. The molecule has 0 amide bonds. The van der Waals surface area contributed by atoms with Crippen LogP contribution in [0.5, 0.6) is 0 Å². The lowest BCUT2D eigenvalue weighted by molar-refractivity contribution is -0.146. The smallest absolute Gasteiger partial charge is 0.302 e. The number of hydrogen-bond acceptors (Lipinski definition) is 2. The molecule has 0 saturated heterocycles. The fourth-order valence-corrected chi connectivity index (χ4v) is 1.55. The molecule has 82 valence electrons. The lowest BCUT2D eigenvalue weighted by atomic mass is 10.1. The van der Waals surface area contributed by atoms with E-state index in [-0.39, 0.29) is 12.1 Å². The first-order chi connectivity index (χ1) is 7.22. The Bertz CT molecular complexity index is 293. The number of carbonyl (C=O) groups is 1. The molecule has 0 aromatic heterocycles. The Morgan fingerprint density at radius 2 is 2.00 bits per heavy atom. The van der Waals surface area contributed by atoms with Crippen molar-refractivity contribution in [1.29, 1.82) is 0 Å². The third kappa shape index (κ3) is 4.63. The molecule has 0 aliphatic rings. The van der Waals surface area contributed by atoms with Crippen molar-refractivity contribution in [2.24, 2.45) is 0 Å². The number of ether oxygens (including phenoxy) is 1. The van der Waals surface area contributed by atoms with Crippen molar-refractivity contribution in [3.8, 4) is 0 Å². The topological polar surface area (TPSA) is 26.3 Å². The van der Waals surface area contributed by atoms with Crippen molar-refractivity contribution in [1.82, 2.24) is 0 Å². The molecule has 0 fully saturated rings. The van der Waals surface area contributed by atoms with Gasteiger partial charge in [-0.25, -0.2) is 0 Å². The van der Waals surface area contributed by atoms with Crippen molar-refractivity contribution in [2.45, 2.75) is 39.2 Å². The molecule has 0 saturated carbocycles. The zero-order valence-electron chi connectivity index (χ0n) is 9.40. The number of carbonyl (C=O) groups excluding carboxylic acids is 1. The van der Waals surface area contributed by atoms with E-state index in [1.54, 1.807) is 0 Å². The normalized spacial score (nSPS) is 12.1. The second-order valence-electron chi connectivity index (χ2n) is 3.66. The zero-order valence-corrected chi connectivity index (χ0v) is 9.40. The molecular weight excluding hydrogens is 188 g/mol. The summed E-state index contributed by atoms with van der Waals surface area (Å²) in [6.07, 6.45) is 2.81. The van der Waals surface area contributed by atoms with Crippen molar-refractivity contribution >= 4 is 5.97 Å². The highest BCUT2D eigenvalue weighted by atomic mass is 16.5. The average Bonchev–Trinajstić information content (AvgIpc) is 2.25. The molecule has 2 nitrogen and oxygen atoms in total. The van der Waals surface area contributed by atoms with Crippen LogP contribution < -0.4 is 0 Å². The Labute approximate surface area is 91.3 Å². The lowest BCUT2D eigenvalue weighted by Crippen LogP contribution is -2.16. The maximum Gasteiger partial charge on any atom is 0.302 e. The molecule has 0 heterocycles. The van der Waals surface area contributed by atoms with Crippen LogP contribution >= 0.6 is 0 Å². The van der Waals surface area contributed by atoms with Gasteiger partial charge in [-0.2, -0.15) is 0 Å². The van der Waals surface area contributed by atoms with E-state index in [0.717, 1.165) is 19.3 Å². The molecule has 2 heteroatoms. The lowest BCUT2D eigenvalue weighted by Gasteiger charge is -2.14. The van der Waals surface area contributed by atoms with E-state index in [2.05, 4.69) is 12.1 Å². The summed E-state index contributed by atoms with van der Waals surface area (Å²) in [5.41, 5.74) is 1.29. The van der Waals surface area contributed by atoms with E-state index < -0.39 is 0 Å². The van der Waals surface area contributed by atoms with Crippen LogP contribution in [-0.2, 0) is 16.0 Å². The minimum Gasteiger partial charge on any atom is -0.463 e. The fourth-order valence-electron chi connectivity index (χ4n) is 1.55. The fraction of sp³-hybridized carbons (Fsp3) is 0.462. The van der Waals surface area contributed by atoms with Crippen LogP contribution in [0.4, 0.5) is 0 Å². The maximum absolute atomic E-state index is 10.8. The van der Waals surface area contributed by atoms with Gasteiger partial charge in [0.25, 0.3) is 0 Å². The highest BCUT2D eigenvalue weighted by Crippen LogP contribution is 2.10. The number of aryl methyl sites for hydroxylation is 1. The van der Waals surface area contributed by atoms with Gasteiger partial charge in [-0.05, 0) is 24.8 Å². The summed E-state index contributed by atoms with van der Waals surface area (Å²) < 4.78 is 5.18. The summed E-state index contributed by atoms with van der Waals surface area (Å²) in [6.45, 7) is 3.50. The van der Waals surface area contributed by atoms with E-state index in [0.29, 0.717) is 0 Å². The van der Waals surface area contributed by atoms with Crippen LogP contribution in [0.3, 0.4) is 0 Å². The molecule has 0 N–H and O–H groups in total. The Morgan fingerprint density at radius 3 is 2.53 bits per heavy atom. The van der Waals surface area contributed by atoms with Gasteiger partial charge in [0.15, 0.2) is 0 Å². The highest BCUT2D eigenvalue weighted by Gasteiger charge is 2.09. The molecule has 1 aromatic rings. The van der Waals surface area contributed by atoms with Crippen molar-refractivity contribution < 1.29 is 9.53 Å². The van der Waals surface area contributed by atoms with Gasteiger partial charge in [0, 0.05) is 6.92 Å². The van der Waals surface area contributed by atoms with Crippen molar-refractivity contribution in [3.63, 3.8) is 0 Å². The van der Waals surface area contributed by atoms with Gasteiger partial charge in [-0.15, -0.1) is 0 Å². The molecule has 15 heavy (non-hydrogen) atoms. The van der Waals surface area contributed by atoms with E-state index in [1.165, 1.54) is 12.5 Å². The number of benzene rings is 1. The Morgan fingerprint density at radius 1 is 1.33 bits per heavy atom. The Kier molecular flexibility index (Phi) is 4.88. The summed E-state index contributed by atoms with van der Waals surface area (Å²) in [4.78, 5) is 10.8. The van der Waals surface area contributed by atoms with E-state index in [4.69, 9.17) is 4.74 Å². The second kappa shape index (κ2) is 6.23. The van der Waals surface area contributed by atoms with Gasteiger partial charge in [0.2, 0.25) is 0 Å². The molecule has 1 aromatic carbocycles. The summed E-state index contributed by atoms with van der Waals surface area (Å²) in [5.74, 6) is -0.185. The van der Waals surface area contributed by atoms with Crippen molar-refractivity contribution in [2.75, 3.05) is 0 Å². The largest absolute Gasteiger partial charge is 0.463 e. The predicted molar refractivity (Wildman–Crippen MR) is 60.6 cm³/mol. The summed E-state index contributed by atoms with van der Waals surface area (Å²) in [5, 5.41) is 0. The quantitative estimate of drug-likeness (QED) is 0.692. The van der Waals surface area contributed by atoms with Gasteiger partial charge in [0.1, 0.15) is 6.10 Å². The summed E-state index contributed by atoms with van der Waals surface area (Å²) >= 11 is 0. The minimum absolute atomic E-state index is 0.0581. The number of rotatable bonds is 5. The number of hydrogen-bond donors (Lipinski definition) is 0. The minimum atomic E-state index is -0.185.